The molecule has 0 radical (unpaired) electrons. The van der Waals surface area contributed by atoms with Gasteiger partial charge in [-0.1, -0.05) is 35.5 Å². The molecule has 0 bridgehead atoms. The van der Waals surface area contributed by atoms with Crippen LogP contribution in [0.25, 0.3) is 11.1 Å². The van der Waals surface area contributed by atoms with Gasteiger partial charge >= 0.3 is 0 Å². The first-order chi connectivity index (χ1) is 18.8. The topological polar surface area (TPSA) is 63.5 Å². The molecule has 1 spiro atoms. The number of hydrogen-bond donors (Lipinski definition) is 1. The molecule has 39 heavy (non-hydrogen) atoms. The Morgan fingerprint density at radius 1 is 0.974 bits per heavy atom. The van der Waals surface area contributed by atoms with Crippen LogP contribution in [0.5, 0.6) is 5.75 Å². The van der Waals surface area contributed by atoms with Gasteiger partial charge < -0.3 is 19.4 Å². The average Bonchev–Trinajstić information content (AvgIpc) is 3.36. The van der Waals surface area contributed by atoms with Gasteiger partial charge in [0.25, 0.3) is 0 Å². The zero-order valence-electron chi connectivity index (χ0n) is 21.9. The molecule has 5 rings (SSSR count). The van der Waals surface area contributed by atoms with Crippen molar-refractivity contribution in [1.29, 1.82) is 0 Å². The molecule has 1 atom stereocenters. The van der Waals surface area contributed by atoms with E-state index in [2.05, 4.69) is 10.1 Å². The zero-order chi connectivity index (χ0) is 27.6. The summed E-state index contributed by atoms with van der Waals surface area (Å²) in [5, 5.41) is 14.2. The summed E-state index contributed by atoms with van der Waals surface area (Å²) in [7, 11) is 1.45. The molecule has 9 heteroatoms. The lowest BCUT2D eigenvalue weighted by Gasteiger charge is -2.37. The van der Waals surface area contributed by atoms with Crippen LogP contribution >= 0.6 is 0 Å². The van der Waals surface area contributed by atoms with E-state index in [1.54, 1.807) is 12.1 Å². The molecule has 0 amide bonds. The number of hydrogen-bond acceptors (Lipinski definition) is 6. The van der Waals surface area contributed by atoms with Crippen molar-refractivity contribution in [3.8, 4) is 16.9 Å². The maximum Gasteiger partial charge on any atom is 0.180 e. The molecular formula is C30H31F3N2O4. The molecule has 3 aromatic rings. The lowest BCUT2D eigenvalue weighted by Crippen LogP contribution is -2.44. The highest BCUT2D eigenvalue weighted by atomic mass is 19.2. The molecule has 2 aliphatic rings. The number of ether oxygens (including phenoxy) is 2. The number of oxime groups is 1. The smallest absolute Gasteiger partial charge is 0.180 e. The molecule has 2 aliphatic heterocycles. The second-order valence-electron chi connectivity index (χ2n) is 9.97. The number of halogens is 3. The van der Waals surface area contributed by atoms with E-state index < -0.39 is 29.3 Å². The third kappa shape index (κ3) is 5.80. The summed E-state index contributed by atoms with van der Waals surface area (Å²) >= 11 is 0. The Kier molecular flexibility index (Phi) is 7.93. The summed E-state index contributed by atoms with van der Waals surface area (Å²) in [6.07, 6.45) is 1.21. The van der Waals surface area contributed by atoms with Crippen molar-refractivity contribution in [3.63, 3.8) is 0 Å². The molecule has 0 aromatic heterocycles. The minimum absolute atomic E-state index is 0.0154. The van der Waals surface area contributed by atoms with E-state index in [-0.39, 0.29) is 5.56 Å². The first-order valence-electron chi connectivity index (χ1n) is 13.0. The van der Waals surface area contributed by atoms with Gasteiger partial charge in [-0.05, 0) is 41.8 Å². The monoisotopic (exact) mass is 540 g/mol. The highest BCUT2D eigenvalue weighted by Gasteiger charge is 2.42. The van der Waals surface area contributed by atoms with Gasteiger partial charge in [0.1, 0.15) is 17.2 Å². The molecule has 1 saturated heterocycles. The van der Waals surface area contributed by atoms with Gasteiger partial charge in [0.2, 0.25) is 0 Å². The van der Waals surface area contributed by atoms with Gasteiger partial charge in [-0.15, -0.1) is 0 Å². The summed E-state index contributed by atoms with van der Waals surface area (Å²) in [6, 6.07) is 14.1. The van der Waals surface area contributed by atoms with Crippen molar-refractivity contribution in [3.05, 3.63) is 88.7 Å². The second-order valence-corrected chi connectivity index (χ2v) is 9.97. The number of methoxy groups -OCH3 is 1. The Morgan fingerprint density at radius 3 is 2.38 bits per heavy atom. The number of likely N-dealkylation sites (tertiary alicyclic amines) is 1. The fourth-order valence-corrected chi connectivity index (χ4v) is 5.23. The Morgan fingerprint density at radius 2 is 1.69 bits per heavy atom. The maximum absolute atomic E-state index is 14.7. The molecule has 3 aromatic carbocycles. The molecule has 1 fully saturated rings. The fourth-order valence-electron chi connectivity index (χ4n) is 5.23. The van der Waals surface area contributed by atoms with Crippen LogP contribution in [-0.4, -0.2) is 48.1 Å². The Balaban J connectivity index is 1.28. The van der Waals surface area contributed by atoms with Gasteiger partial charge in [-0.25, -0.2) is 13.2 Å². The zero-order valence-corrected chi connectivity index (χ0v) is 21.9. The molecule has 1 unspecified atom stereocenters. The van der Waals surface area contributed by atoms with Crippen LogP contribution in [0.2, 0.25) is 0 Å². The average molecular weight is 541 g/mol. The van der Waals surface area contributed by atoms with E-state index in [9.17, 15) is 18.3 Å². The number of rotatable bonds is 8. The number of benzene rings is 3. The summed E-state index contributed by atoms with van der Waals surface area (Å²) in [6.45, 7) is 4.28. The highest BCUT2D eigenvalue weighted by molar-refractivity contribution is 6.01. The first kappa shape index (κ1) is 27.2. The summed E-state index contributed by atoms with van der Waals surface area (Å²) < 4.78 is 52.9. The number of aliphatic hydroxyl groups excluding tert-OH is 1. The van der Waals surface area contributed by atoms with Crippen molar-refractivity contribution in [1.82, 2.24) is 4.90 Å². The fraction of sp³-hybridized carbons (Fsp3) is 0.367. The van der Waals surface area contributed by atoms with Crippen LogP contribution in [0, 0.1) is 17.5 Å². The van der Waals surface area contributed by atoms with E-state index >= 15 is 0 Å². The Labute approximate surface area is 225 Å². The first-order valence-corrected chi connectivity index (χ1v) is 13.0. The van der Waals surface area contributed by atoms with Crippen molar-refractivity contribution in [2.75, 3.05) is 26.8 Å². The van der Waals surface area contributed by atoms with Gasteiger partial charge in [0, 0.05) is 63.2 Å². The number of nitrogens with zero attached hydrogens (tertiary/aromatic N) is 2. The lowest BCUT2D eigenvalue weighted by molar-refractivity contribution is -0.0769. The Bertz CT molecular complexity index is 1360. The minimum Gasteiger partial charge on any atom is -0.494 e. The number of piperidine rings is 1. The third-order valence-corrected chi connectivity index (χ3v) is 7.44. The van der Waals surface area contributed by atoms with Crippen molar-refractivity contribution < 1.29 is 32.6 Å². The van der Waals surface area contributed by atoms with E-state index in [0.29, 0.717) is 42.5 Å². The summed E-state index contributed by atoms with van der Waals surface area (Å²) in [5.41, 5.74) is 3.36. The summed E-state index contributed by atoms with van der Waals surface area (Å²) in [5.74, 6) is -2.49. The quantitative estimate of drug-likeness (QED) is 0.282. The molecule has 206 valence electrons. The van der Waals surface area contributed by atoms with Crippen LogP contribution in [-0.2, 0) is 16.1 Å². The van der Waals surface area contributed by atoms with Crippen LogP contribution in [0.3, 0.4) is 0 Å². The molecule has 0 aliphatic carbocycles. The molecular weight excluding hydrogens is 509 g/mol. The van der Waals surface area contributed by atoms with Gasteiger partial charge in [-0.2, -0.15) is 0 Å². The predicted octanol–water partition coefficient (Wildman–Crippen LogP) is 5.97. The standard InChI is InChI=1S/C30H31F3N2O4/c1-3-38-22-8-9-23(24-15-26(32)27(33)16-25(24)31)21(14-22)18-35-12-10-30(11-13-35)17-28(34-39-30)19-4-6-20(7-5-19)29(36)37-2/h4-9,14-16,29,36H,3,10-13,17-18H2,1-2H3. The van der Waals surface area contributed by atoms with Gasteiger partial charge in [0.05, 0.1) is 12.3 Å². The second kappa shape index (κ2) is 11.4. The third-order valence-electron chi connectivity index (χ3n) is 7.44. The van der Waals surface area contributed by atoms with Crippen molar-refractivity contribution in [2.24, 2.45) is 5.16 Å². The Hall–Kier alpha value is -3.40. The molecule has 6 nitrogen and oxygen atoms in total. The van der Waals surface area contributed by atoms with Gasteiger partial charge in [0.15, 0.2) is 17.9 Å². The van der Waals surface area contributed by atoms with Crippen molar-refractivity contribution >= 4 is 5.71 Å². The minimum atomic E-state index is -1.22. The number of aliphatic hydroxyl groups is 1. The normalized spacial score (nSPS) is 17.6. The highest BCUT2D eigenvalue weighted by Crippen LogP contribution is 2.38. The lowest BCUT2D eigenvalue weighted by atomic mass is 9.85. The van der Waals surface area contributed by atoms with Crippen LogP contribution < -0.4 is 4.74 Å². The van der Waals surface area contributed by atoms with Crippen LogP contribution in [0.1, 0.15) is 49.2 Å². The largest absolute Gasteiger partial charge is 0.494 e. The molecule has 0 saturated carbocycles. The van der Waals surface area contributed by atoms with Crippen molar-refractivity contribution in [2.45, 2.75) is 44.6 Å². The SMILES string of the molecule is CCOc1ccc(-c2cc(F)c(F)cc2F)c(CN2CCC3(CC2)CC(c2ccc(C(O)OC)cc2)=NO3)c1. The van der Waals surface area contributed by atoms with E-state index in [1.165, 1.54) is 7.11 Å². The van der Waals surface area contributed by atoms with E-state index in [0.717, 1.165) is 48.8 Å². The van der Waals surface area contributed by atoms with Crippen LogP contribution in [0.4, 0.5) is 13.2 Å². The maximum atomic E-state index is 14.7. The van der Waals surface area contributed by atoms with Crippen LogP contribution in [0.15, 0.2) is 59.8 Å². The van der Waals surface area contributed by atoms with Gasteiger partial charge in [-0.3, -0.25) is 4.90 Å². The van der Waals surface area contributed by atoms with E-state index in [1.807, 2.05) is 37.3 Å². The molecule has 2 heterocycles. The predicted molar refractivity (Wildman–Crippen MR) is 141 cm³/mol. The summed E-state index contributed by atoms with van der Waals surface area (Å²) in [4.78, 5) is 8.21. The molecule has 1 N–H and O–H groups in total. The van der Waals surface area contributed by atoms with E-state index in [4.69, 9.17) is 14.3 Å².